The first-order valence-electron chi connectivity index (χ1n) is 8.39. The Morgan fingerprint density at radius 2 is 1.69 bits per heavy atom. The molecule has 0 radical (unpaired) electrons. The molecule has 1 aromatic heterocycles. The second kappa shape index (κ2) is 6.87. The van der Waals surface area contributed by atoms with Crippen LogP contribution in [0.5, 0.6) is 11.5 Å². The Kier molecular flexibility index (Phi) is 4.27. The van der Waals surface area contributed by atoms with E-state index >= 15 is 0 Å². The number of rotatable bonds is 4. The third kappa shape index (κ3) is 3.37. The maximum absolute atomic E-state index is 5.60. The highest BCUT2D eigenvalue weighted by molar-refractivity contribution is 5.65. The molecule has 3 aromatic rings. The molecule has 7 heteroatoms. The Labute approximate surface area is 151 Å². The minimum atomic E-state index is 0.401. The zero-order chi connectivity index (χ0) is 17.9. The van der Waals surface area contributed by atoms with Gasteiger partial charge in [-0.25, -0.2) is 0 Å². The number of aryl methyl sites for hydroxylation is 2. The van der Waals surface area contributed by atoms with E-state index in [1.165, 1.54) is 0 Å². The van der Waals surface area contributed by atoms with Crippen molar-refractivity contribution in [2.75, 3.05) is 23.8 Å². The summed E-state index contributed by atoms with van der Waals surface area (Å²) in [7, 11) is 0. The average Bonchev–Trinajstić information content (AvgIpc) is 2.65. The number of nitrogens with one attached hydrogen (secondary N) is 2. The Balaban J connectivity index is 1.54. The first-order valence-corrected chi connectivity index (χ1v) is 8.39. The summed E-state index contributed by atoms with van der Waals surface area (Å²) < 4.78 is 11.1. The second-order valence-electron chi connectivity index (χ2n) is 6.04. The van der Waals surface area contributed by atoms with Crippen LogP contribution in [0.15, 0.2) is 42.6 Å². The lowest BCUT2D eigenvalue weighted by molar-refractivity contribution is 0.171. The number of para-hydroxylation sites is 1. The van der Waals surface area contributed by atoms with Crippen LogP contribution in [0.2, 0.25) is 0 Å². The molecule has 0 saturated carbocycles. The average molecular weight is 349 g/mol. The Morgan fingerprint density at radius 3 is 2.50 bits per heavy atom. The summed E-state index contributed by atoms with van der Waals surface area (Å²) in [6.07, 6.45) is 1.60. The second-order valence-corrected chi connectivity index (χ2v) is 6.04. The summed E-state index contributed by atoms with van der Waals surface area (Å²) in [5, 5.41) is 14.5. The third-order valence-corrected chi connectivity index (χ3v) is 4.09. The first-order chi connectivity index (χ1) is 12.7. The van der Waals surface area contributed by atoms with E-state index in [1.54, 1.807) is 6.20 Å². The van der Waals surface area contributed by atoms with Gasteiger partial charge in [-0.05, 0) is 37.1 Å². The van der Waals surface area contributed by atoms with Crippen LogP contribution in [0, 0.1) is 13.8 Å². The summed E-state index contributed by atoms with van der Waals surface area (Å²) in [5.41, 5.74) is 4.12. The molecular weight excluding hydrogens is 330 g/mol. The van der Waals surface area contributed by atoms with Crippen molar-refractivity contribution in [3.05, 3.63) is 53.7 Å². The lowest BCUT2D eigenvalue weighted by Gasteiger charge is -2.19. The molecule has 0 spiro atoms. The molecule has 0 atom stereocenters. The van der Waals surface area contributed by atoms with Crippen LogP contribution in [-0.4, -0.2) is 28.4 Å². The SMILES string of the molecule is Cc1cccc(C)c1Nc1cnnc(Nc2ccc3c(c2)OCCO3)n1. The molecule has 4 rings (SSSR count). The molecule has 132 valence electrons. The summed E-state index contributed by atoms with van der Waals surface area (Å²) in [6, 6.07) is 11.8. The van der Waals surface area contributed by atoms with Gasteiger partial charge in [0.1, 0.15) is 13.2 Å². The minimum Gasteiger partial charge on any atom is -0.486 e. The Morgan fingerprint density at radius 1 is 0.923 bits per heavy atom. The molecule has 2 N–H and O–H groups in total. The monoisotopic (exact) mass is 349 g/mol. The van der Waals surface area contributed by atoms with Crippen LogP contribution in [0.3, 0.4) is 0 Å². The maximum atomic E-state index is 5.60. The van der Waals surface area contributed by atoms with E-state index in [9.17, 15) is 0 Å². The lowest BCUT2D eigenvalue weighted by atomic mass is 10.1. The van der Waals surface area contributed by atoms with E-state index in [-0.39, 0.29) is 0 Å². The number of hydrogen-bond acceptors (Lipinski definition) is 7. The number of aromatic nitrogens is 3. The van der Waals surface area contributed by atoms with Crippen LogP contribution in [0.1, 0.15) is 11.1 Å². The van der Waals surface area contributed by atoms with E-state index in [0.29, 0.717) is 30.7 Å². The predicted octanol–water partition coefficient (Wildman–Crippen LogP) is 3.75. The molecule has 1 aliphatic rings. The molecule has 0 unspecified atom stereocenters. The normalized spacial score (nSPS) is 12.5. The summed E-state index contributed by atoms with van der Waals surface area (Å²) in [5.74, 6) is 2.47. The maximum Gasteiger partial charge on any atom is 0.249 e. The zero-order valence-corrected chi connectivity index (χ0v) is 14.6. The fourth-order valence-corrected chi connectivity index (χ4v) is 2.81. The Hall–Kier alpha value is -3.35. The van der Waals surface area contributed by atoms with Crippen LogP contribution in [-0.2, 0) is 0 Å². The van der Waals surface area contributed by atoms with Gasteiger partial charge in [0.2, 0.25) is 5.95 Å². The van der Waals surface area contributed by atoms with Gasteiger partial charge in [0.15, 0.2) is 17.3 Å². The van der Waals surface area contributed by atoms with Crippen molar-refractivity contribution < 1.29 is 9.47 Å². The largest absolute Gasteiger partial charge is 0.486 e. The number of hydrogen-bond donors (Lipinski definition) is 2. The van der Waals surface area contributed by atoms with Crippen molar-refractivity contribution in [3.8, 4) is 11.5 Å². The number of fused-ring (bicyclic) bond motifs is 1. The number of benzene rings is 2. The minimum absolute atomic E-state index is 0.401. The van der Waals surface area contributed by atoms with E-state index in [1.807, 2.05) is 24.3 Å². The van der Waals surface area contributed by atoms with Crippen LogP contribution >= 0.6 is 0 Å². The molecule has 7 nitrogen and oxygen atoms in total. The van der Waals surface area contributed by atoms with Gasteiger partial charge < -0.3 is 20.1 Å². The van der Waals surface area contributed by atoms with Crippen molar-refractivity contribution in [1.82, 2.24) is 15.2 Å². The van der Waals surface area contributed by atoms with E-state index in [0.717, 1.165) is 28.3 Å². The van der Waals surface area contributed by atoms with Gasteiger partial charge >= 0.3 is 0 Å². The standard InChI is InChI=1S/C19H19N5O2/c1-12-4-3-5-13(2)18(12)22-17-11-20-24-19(23-17)21-14-6-7-15-16(10-14)26-9-8-25-15/h3-7,10-11H,8-9H2,1-2H3,(H2,21,22,23,24). The Bertz CT molecular complexity index is 925. The van der Waals surface area contributed by atoms with Gasteiger partial charge in [0.25, 0.3) is 0 Å². The zero-order valence-electron chi connectivity index (χ0n) is 14.6. The van der Waals surface area contributed by atoms with Crippen LogP contribution in [0.25, 0.3) is 0 Å². The molecule has 2 aromatic carbocycles. The lowest BCUT2D eigenvalue weighted by Crippen LogP contribution is -2.15. The molecule has 0 fully saturated rings. The number of nitrogens with zero attached hydrogens (tertiary/aromatic N) is 3. The molecule has 1 aliphatic heterocycles. The summed E-state index contributed by atoms with van der Waals surface area (Å²) in [6.45, 7) is 5.22. The molecular formula is C19H19N5O2. The topological polar surface area (TPSA) is 81.2 Å². The molecule has 0 amide bonds. The van der Waals surface area contributed by atoms with Crippen molar-refractivity contribution in [2.24, 2.45) is 0 Å². The predicted molar refractivity (Wildman–Crippen MR) is 99.7 cm³/mol. The fourth-order valence-electron chi connectivity index (χ4n) is 2.81. The van der Waals surface area contributed by atoms with E-state index < -0.39 is 0 Å². The molecule has 0 aliphatic carbocycles. The quantitative estimate of drug-likeness (QED) is 0.742. The van der Waals surface area contributed by atoms with Crippen molar-refractivity contribution in [2.45, 2.75) is 13.8 Å². The van der Waals surface area contributed by atoms with E-state index in [2.05, 4.69) is 51.8 Å². The number of anilines is 4. The highest BCUT2D eigenvalue weighted by Crippen LogP contribution is 2.33. The summed E-state index contributed by atoms with van der Waals surface area (Å²) >= 11 is 0. The van der Waals surface area contributed by atoms with Crippen molar-refractivity contribution in [1.29, 1.82) is 0 Å². The van der Waals surface area contributed by atoms with Gasteiger partial charge in [0.05, 0.1) is 6.20 Å². The summed E-state index contributed by atoms with van der Waals surface area (Å²) in [4.78, 5) is 4.49. The van der Waals surface area contributed by atoms with Gasteiger partial charge in [-0.2, -0.15) is 10.1 Å². The molecule has 0 bridgehead atoms. The van der Waals surface area contributed by atoms with Crippen molar-refractivity contribution in [3.63, 3.8) is 0 Å². The van der Waals surface area contributed by atoms with Crippen LogP contribution in [0.4, 0.5) is 23.1 Å². The van der Waals surface area contributed by atoms with Crippen LogP contribution < -0.4 is 20.1 Å². The van der Waals surface area contributed by atoms with E-state index in [4.69, 9.17) is 9.47 Å². The van der Waals surface area contributed by atoms with Crippen molar-refractivity contribution >= 4 is 23.1 Å². The molecule has 26 heavy (non-hydrogen) atoms. The van der Waals surface area contributed by atoms with Gasteiger partial charge in [-0.1, -0.05) is 18.2 Å². The first kappa shape index (κ1) is 16.1. The smallest absolute Gasteiger partial charge is 0.249 e. The van der Waals surface area contributed by atoms with Gasteiger partial charge in [-0.15, -0.1) is 5.10 Å². The molecule has 0 saturated heterocycles. The van der Waals surface area contributed by atoms with Gasteiger partial charge in [0, 0.05) is 17.4 Å². The highest BCUT2D eigenvalue weighted by Gasteiger charge is 2.12. The third-order valence-electron chi connectivity index (χ3n) is 4.09. The fraction of sp³-hybridized carbons (Fsp3) is 0.211. The highest BCUT2D eigenvalue weighted by atomic mass is 16.6. The molecule has 2 heterocycles. The number of ether oxygens (including phenoxy) is 2. The van der Waals surface area contributed by atoms with Gasteiger partial charge in [-0.3, -0.25) is 0 Å².